The Morgan fingerprint density at radius 1 is 1.10 bits per heavy atom. The molecule has 0 radical (unpaired) electrons. The lowest BCUT2D eigenvalue weighted by atomic mass is 10.9. The van der Waals surface area contributed by atoms with Crippen molar-refractivity contribution in [1.29, 1.82) is 0 Å². The molecular weight excluding hydrogens is 168 g/mol. The van der Waals surface area contributed by atoms with Gasteiger partial charge in [-0.25, -0.2) is 0 Å². The van der Waals surface area contributed by atoms with Crippen molar-refractivity contribution in [2.75, 3.05) is 13.2 Å². The van der Waals surface area contributed by atoms with Crippen molar-refractivity contribution in [3.8, 4) is 0 Å². The summed E-state index contributed by atoms with van der Waals surface area (Å²) in [7, 11) is -2.25. The Balaban J connectivity index is 3.69. The van der Waals surface area contributed by atoms with E-state index in [9.17, 15) is 0 Å². The fourth-order valence-corrected chi connectivity index (χ4v) is 2.69. The second-order valence-corrected chi connectivity index (χ2v) is 6.21. The molecule has 0 fully saturated rings. The highest BCUT2D eigenvalue weighted by molar-refractivity contribution is 7.12. The van der Waals surface area contributed by atoms with E-state index < -0.39 is 7.87 Å². The Labute approximate surface area is 68.4 Å². The zero-order chi connectivity index (χ0) is 8.04. The molecule has 0 atom stereocenters. The molecule has 2 nitrogen and oxygen atoms in total. The van der Waals surface area contributed by atoms with Gasteiger partial charge in [0.2, 0.25) is 0 Å². The van der Waals surface area contributed by atoms with Gasteiger partial charge in [-0.1, -0.05) is 18.0 Å². The van der Waals surface area contributed by atoms with Gasteiger partial charge in [0, 0.05) is 19.3 Å². The van der Waals surface area contributed by atoms with Crippen LogP contribution in [0.1, 0.15) is 20.8 Å². The molecule has 0 saturated heterocycles. The maximum atomic E-state index is 6.02. The van der Waals surface area contributed by atoms with Crippen LogP contribution in [0.5, 0.6) is 0 Å². The van der Waals surface area contributed by atoms with Crippen molar-refractivity contribution in [2.45, 2.75) is 26.8 Å². The molecule has 0 spiro atoms. The van der Waals surface area contributed by atoms with Gasteiger partial charge in [0.25, 0.3) is 0 Å². The summed E-state index contributed by atoms with van der Waals surface area (Å²) in [6, 6.07) is 0.802. The van der Waals surface area contributed by atoms with Crippen LogP contribution in [0.15, 0.2) is 0 Å². The minimum atomic E-state index is -2.25. The van der Waals surface area contributed by atoms with Gasteiger partial charge in [-0.05, 0) is 13.8 Å². The Kier molecular flexibility index (Phi) is 5.35. The average molecular weight is 183 g/mol. The van der Waals surface area contributed by atoms with Gasteiger partial charge in [-0.2, -0.15) is 0 Å². The fourth-order valence-electron chi connectivity index (χ4n) is 0.677. The second kappa shape index (κ2) is 5.13. The van der Waals surface area contributed by atoms with Crippen molar-refractivity contribution >= 4 is 18.9 Å². The van der Waals surface area contributed by atoms with E-state index in [-0.39, 0.29) is 0 Å². The smallest absolute Gasteiger partial charge is 0.383 e. The Bertz CT molecular complexity index is 83.8. The molecule has 0 amide bonds. The molecule has 0 aliphatic heterocycles. The first-order valence-electron chi connectivity index (χ1n) is 3.65. The average Bonchev–Trinajstić information content (AvgIpc) is 1.89. The molecule has 0 aliphatic carbocycles. The first kappa shape index (κ1) is 10.4. The van der Waals surface area contributed by atoms with Crippen molar-refractivity contribution in [2.24, 2.45) is 0 Å². The number of hydrogen-bond acceptors (Lipinski definition) is 2. The van der Waals surface area contributed by atoms with Crippen molar-refractivity contribution in [3.63, 3.8) is 0 Å². The quantitative estimate of drug-likeness (QED) is 0.480. The first-order chi connectivity index (χ1) is 4.68. The van der Waals surface area contributed by atoms with Gasteiger partial charge < -0.3 is 8.85 Å². The summed E-state index contributed by atoms with van der Waals surface area (Å²) < 4.78 is 10.6. The first-order valence-corrected chi connectivity index (χ1v) is 6.68. The number of rotatable bonds is 5. The predicted octanol–water partition coefficient (Wildman–Crippen LogP) is 2.26. The van der Waals surface area contributed by atoms with E-state index in [1.54, 1.807) is 0 Å². The summed E-state index contributed by atoms with van der Waals surface area (Å²) >= 11 is 6.02. The third kappa shape index (κ3) is 3.56. The topological polar surface area (TPSA) is 18.5 Å². The zero-order valence-electron chi connectivity index (χ0n) is 6.82. The monoisotopic (exact) mass is 182 g/mol. The Morgan fingerprint density at radius 2 is 1.50 bits per heavy atom. The van der Waals surface area contributed by atoms with Gasteiger partial charge >= 0.3 is 7.87 Å². The minimum Gasteiger partial charge on any atom is -0.383 e. The highest BCUT2D eigenvalue weighted by atomic mass is 35.6. The van der Waals surface area contributed by atoms with E-state index in [2.05, 4.69) is 0 Å². The molecule has 62 valence electrons. The maximum absolute atomic E-state index is 6.02. The fraction of sp³-hybridized carbons (Fsp3) is 1.00. The third-order valence-electron chi connectivity index (χ3n) is 1.14. The summed E-state index contributed by atoms with van der Waals surface area (Å²) in [6.45, 7) is 7.13. The van der Waals surface area contributed by atoms with Gasteiger partial charge in [0.1, 0.15) is 0 Å². The molecule has 0 unspecified atom stereocenters. The van der Waals surface area contributed by atoms with Gasteiger partial charge in [0.15, 0.2) is 0 Å². The summed E-state index contributed by atoms with van der Waals surface area (Å²) in [5.41, 5.74) is 0. The Hall–Kier alpha value is 0.427. The highest BCUT2D eigenvalue weighted by Crippen LogP contribution is 2.17. The summed E-state index contributed by atoms with van der Waals surface area (Å²) in [5.74, 6) is 0. The van der Waals surface area contributed by atoms with E-state index >= 15 is 0 Å². The SMILES string of the molecule is CCO[Si](Cl)(CC)OCC. The lowest BCUT2D eigenvalue weighted by molar-refractivity contribution is 0.204. The molecule has 4 heteroatoms. The maximum Gasteiger partial charge on any atom is 0.442 e. The highest BCUT2D eigenvalue weighted by Gasteiger charge is 2.32. The standard InChI is InChI=1S/C6H15ClO2Si/c1-4-8-10(7,6-3)9-5-2/h4-6H2,1-3H3. The van der Waals surface area contributed by atoms with E-state index in [1.807, 2.05) is 20.8 Å². The zero-order valence-corrected chi connectivity index (χ0v) is 8.57. The molecule has 0 bridgehead atoms. The second-order valence-electron chi connectivity index (χ2n) is 1.88. The predicted molar refractivity (Wildman–Crippen MR) is 45.3 cm³/mol. The van der Waals surface area contributed by atoms with Crippen LogP contribution in [0, 0.1) is 0 Å². The molecule has 0 aromatic rings. The van der Waals surface area contributed by atoms with E-state index in [0.29, 0.717) is 13.2 Å². The molecular formula is C6H15ClO2Si. The third-order valence-corrected chi connectivity index (χ3v) is 4.88. The van der Waals surface area contributed by atoms with Crippen molar-refractivity contribution in [3.05, 3.63) is 0 Å². The van der Waals surface area contributed by atoms with Gasteiger partial charge in [0.05, 0.1) is 0 Å². The lowest BCUT2D eigenvalue weighted by Gasteiger charge is -2.20. The lowest BCUT2D eigenvalue weighted by Crippen LogP contribution is -2.35. The van der Waals surface area contributed by atoms with E-state index in [0.717, 1.165) is 6.04 Å². The molecule has 0 aromatic carbocycles. The summed E-state index contributed by atoms with van der Waals surface area (Å²) in [6.07, 6.45) is 0. The molecule has 0 aromatic heterocycles. The molecule has 10 heavy (non-hydrogen) atoms. The van der Waals surface area contributed by atoms with Crippen LogP contribution in [0.4, 0.5) is 0 Å². The Morgan fingerprint density at radius 3 is 1.70 bits per heavy atom. The number of halogens is 1. The minimum absolute atomic E-state index is 0.642. The molecule has 0 saturated carbocycles. The summed E-state index contributed by atoms with van der Waals surface area (Å²) in [5, 5.41) is 0. The van der Waals surface area contributed by atoms with Crippen molar-refractivity contribution < 1.29 is 8.85 Å². The summed E-state index contributed by atoms with van der Waals surface area (Å²) in [4.78, 5) is 0. The molecule has 0 N–H and O–H groups in total. The van der Waals surface area contributed by atoms with Crippen LogP contribution in [-0.2, 0) is 8.85 Å². The largest absolute Gasteiger partial charge is 0.442 e. The molecule has 0 rings (SSSR count). The van der Waals surface area contributed by atoms with Crippen LogP contribution in [0.25, 0.3) is 0 Å². The molecule has 0 heterocycles. The van der Waals surface area contributed by atoms with E-state index in [1.165, 1.54) is 0 Å². The normalized spacial score (nSPS) is 12.0. The van der Waals surface area contributed by atoms with Crippen LogP contribution in [-0.4, -0.2) is 21.1 Å². The van der Waals surface area contributed by atoms with Crippen molar-refractivity contribution in [1.82, 2.24) is 0 Å². The number of hydrogen-bond donors (Lipinski definition) is 0. The molecule has 0 aliphatic rings. The van der Waals surface area contributed by atoms with Crippen LogP contribution < -0.4 is 0 Å². The van der Waals surface area contributed by atoms with Crippen LogP contribution in [0.2, 0.25) is 6.04 Å². The van der Waals surface area contributed by atoms with Crippen LogP contribution >= 0.6 is 11.1 Å². The van der Waals surface area contributed by atoms with Gasteiger partial charge in [-0.3, -0.25) is 0 Å². The van der Waals surface area contributed by atoms with Gasteiger partial charge in [-0.15, -0.1) is 0 Å². The van der Waals surface area contributed by atoms with E-state index in [4.69, 9.17) is 19.9 Å². The van der Waals surface area contributed by atoms with Crippen LogP contribution in [0.3, 0.4) is 0 Å².